The molecule has 4 fully saturated rings. The standard InChI is InChI=1S/C32H45ClO6/c1-27(2)10-12-32(26(38)39-7)13-11-30(5)23(19(32)15-27)20(35)14-22-29(30,4)9-8-21-28(3,17-34)24(36)18(16-33)25(37)31(21,22)6/h14,16,19,21,23-24,34,36H,8-13,15,17H2,1-7H3/b18-16-/t19-,21-,23-,24?,28+,29+,30+,31-,32-/m0/s1. The minimum atomic E-state index is -1.18. The number of ketones is 2. The Balaban J connectivity index is 1.71. The first kappa shape index (κ1) is 29.0. The summed E-state index contributed by atoms with van der Waals surface area (Å²) in [6.07, 6.45) is 5.68. The quantitative estimate of drug-likeness (QED) is 0.347. The maximum atomic E-state index is 14.4. The SMILES string of the molecule is COC(=O)[C@]12CCC(C)(C)C[C@H]1[C@H]1C(=O)C=C3[C@@]4(C)C(=O)/C(=C\Cl)C(O)[C@](C)(CO)[C@@H]4CC[C@@]3(C)[C@]1(C)CC2. The van der Waals surface area contributed by atoms with Crippen molar-refractivity contribution in [3.8, 4) is 0 Å². The van der Waals surface area contributed by atoms with Gasteiger partial charge < -0.3 is 14.9 Å². The van der Waals surface area contributed by atoms with E-state index in [0.717, 1.165) is 36.8 Å². The second-order valence-corrected chi connectivity index (χ2v) is 15.3. The predicted octanol–water partition coefficient (Wildman–Crippen LogP) is 5.39. The van der Waals surface area contributed by atoms with E-state index in [2.05, 4.69) is 27.7 Å². The molecule has 0 spiro atoms. The number of Topliss-reactive ketones (excluding diaryl/α,β-unsaturated/α-hetero) is 1. The van der Waals surface area contributed by atoms with E-state index >= 15 is 0 Å². The van der Waals surface area contributed by atoms with Gasteiger partial charge >= 0.3 is 5.97 Å². The highest BCUT2D eigenvalue weighted by molar-refractivity contribution is 6.28. The number of fused-ring (bicyclic) bond motifs is 7. The van der Waals surface area contributed by atoms with Crippen molar-refractivity contribution in [2.45, 2.75) is 92.6 Å². The molecule has 0 aromatic rings. The lowest BCUT2D eigenvalue weighted by molar-refractivity contribution is -0.194. The fourth-order valence-electron chi connectivity index (χ4n) is 10.5. The summed E-state index contributed by atoms with van der Waals surface area (Å²) in [5.74, 6) is -1.30. The van der Waals surface area contributed by atoms with Gasteiger partial charge in [0.25, 0.3) is 0 Å². The summed E-state index contributed by atoms with van der Waals surface area (Å²) in [6, 6.07) is 0. The Hall–Kier alpha value is -1.50. The summed E-state index contributed by atoms with van der Waals surface area (Å²) < 4.78 is 5.39. The molecule has 5 aliphatic rings. The molecule has 0 bridgehead atoms. The molecule has 7 heteroatoms. The van der Waals surface area contributed by atoms with Crippen LogP contribution in [0.3, 0.4) is 0 Å². The maximum Gasteiger partial charge on any atom is 0.312 e. The smallest absolute Gasteiger partial charge is 0.312 e. The Bertz CT molecular complexity index is 1190. The molecule has 4 saturated carbocycles. The molecule has 216 valence electrons. The van der Waals surface area contributed by atoms with E-state index in [-0.39, 0.29) is 52.9 Å². The van der Waals surface area contributed by atoms with Gasteiger partial charge in [0.05, 0.1) is 30.7 Å². The Morgan fingerprint density at radius 2 is 1.72 bits per heavy atom. The molecule has 0 heterocycles. The highest BCUT2D eigenvalue weighted by Crippen LogP contribution is 2.75. The fraction of sp³-hybridized carbons (Fsp3) is 0.781. The van der Waals surface area contributed by atoms with Crippen molar-refractivity contribution >= 4 is 29.1 Å². The summed E-state index contributed by atoms with van der Waals surface area (Å²) in [6.45, 7) is 12.3. The van der Waals surface area contributed by atoms with Crippen LogP contribution in [-0.2, 0) is 19.1 Å². The first-order valence-electron chi connectivity index (χ1n) is 14.5. The van der Waals surface area contributed by atoms with E-state index in [4.69, 9.17) is 16.3 Å². The number of ether oxygens (including phenoxy) is 1. The number of hydrogen-bond donors (Lipinski definition) is 2. The van der Waals surface area contributed by atoms with Gasteiger partial charge in [-0.1, -0.05) is 46.2 Å². The minimum Gasteiger partial charge on any atom is -0.469 e. The van der Waals surface area contributed by atoms with Gasteiger partial charge in [-0.25, -0.2) is 0 Å². The van der Waals surface area contributed by atoms with Gasteiger partial charge in [0.15, 0.2) is 11.6 Å². The van der Waals surface area contributed by atoms with Crippen LogP contribution in [0.1, 0.15) is 86.5 Å². The largest absolute Gasteiger partial charge is 0.469 e. The lowest BCUT2D eigenvalue weighted by atomic mass is 9.33. The van der Waals surface area contributed by atoms with Gasteiger partial charge in [0.1, 0.15) is 0 Å². The number of allylic oxidation sites excluding steroid dienone is 2. The van der Waals surface area contributed by atoms with Crippen molar-refractivity contribution in [1.82, 2.24) is 0 Å². The van der Waals surface area contributed by atoms with E-state index in [1.807, 2.05) is 13.8 Å². The molecule has 39 heavy (non-hydrogen) atoms. The molecule has 0 aliphatic heterocycles. The highest BCUT2D eigenvalue weighted by atomic mass is 35.5. The molecule has 0 amide bonds. The molecular formula is C32H45ClO6. The number of aliphatic hydroxyl groups excluding tert-OH is 2. The predicted molar refractivity (Wildman–Crippen MR) is 149 cm³/mol. The molecule has 6 nitrogen and oxygen atoms in total. The third kappa shape index (κ3) is 3.37. The third-order valence-corrected chi connectivity index (χ3v) is 13.3. The van der Waals surface area contributed by atoms with E-state index in [1.165, 1.54) is 7.11 Å². The molecule has 0 radical (unpaired) electrons. The molecule has 0 aromatic heterocycles. The van der Waals surface area contributed by atoms with Crippen molar-refractivity contribution < 1.29 is 29.3 Å². The van der Waals surface area contributed by atoms with Crippen LogP contribution in [0.15, 0.2) is 22.8 Å². The first-order valence-corrected chi connectivity index (χ1v) is 15.0. The van der Waals surface area contributed by atoms with Crippen molar-refractivity contribution in [2.75, 3.05) is 13.7 Å². The summed E-state index contributed by atoms with van der Waals surface area (Å²) in [4.78, 5) is 42.0. The average Bonchev–Trinajstić information content (AvgIpc) is 2.88. The molecule has 5 rings (SSSR count). The molecule has 0 saturated heterocycles. The molecule has 0 aromatic carbocycles. The summed E-state index contributed by atoms with van der Waals surface area (Å²) in [5, 5.41) is 21.7. The van der Waals surface area contributed by atoms with Crippen LogP contribution in [-0.4, -0.2) is 47.6 Å². The number of carbonyl (C=O) groups excluding carboxylic acids is 3. The van der Waals surface area contributed by atoms with E-state index < -0.39 is 33.2 Å². The average molecular weight is 561 g/mol. The molecular weight excluding hydrogens is 516 g/mol. The van der Waals surface area contributed by atoms with Gasteiger partial charge in [-0.2, -0.15) is 0 Å². The van der Waals surface area contributed by atoms with Crippen molar-refractivity contribution in [2.24, 2.45) is 50.2 Å². The third-order valence-electron chi connectivity index (χ3n) is 13.0. The number of rotatable bonds is 2. The van der Waals surface area contributed by atoms with Crippen LogP contribution < -0.4 is 0 Å². The van der Waals surface area contributed by atoms with Crippen molar-refractivity contribution in [1.29, 1.82) is 0 Å². The number of hydrogen-bond acceptors (Lipinski definition) is 6. The summed E-state index contributed by atoms with van der Waals surface area (Å²) >= 11 is 6.13. The van der Waals surface area contributed by atoms with Gasteiger partial charge in [-0.05, 0) is 91.6 Å². The Morgan fingerprint density at radius 1 is 1.08 bits per heavy atom. The maximum absolute atomic E-state index is 14.4. The van der Waals surface area contributed by atoms with Crippen LogP contribution in [0.4, 0.5) is 0 Å². The molecule has 2 N–H and O–H groups in total. The zero-order valence-corrected chi connectivity index (χ0v) is 25.3. The normalized spacial score (nSPS) is 49.8. The van der Waals surface area contributed by atoms with Crippen LogP contribution in [0, 0.1) is 50.2 Å². The monoisotopic (exact) mass is 560 g/mol. The zero-order chi connectivity index (χ0) is 29.0. The Kier molecular flexibility index (Phi) is 6.51. The van der Waals surface area contributed by atoms with Gasteiger partial charge in [-0.15, -0.1) is 0 Å². The van der Waals surface area contributed by atoms with Gasteiger partial charge in [0.2, 0.25) is 0 Å². The van der Waals surface area contributed by atoms with Crippen LogP contribution in [0.25, 0.3) is 0 Å². The summed E-state index contributed by atoms with van der Waals surface area (Å²) in [5.41, 5.74) is -1.61. The number of esters is 1. The second kappa shape index (κ2) is 8.75. The lowest BCUT2D eigenvalue weighted by Gasteiger charge is -2.69. The number of methoxy groups -OCH3 is 1. The topological polar surface area (TPSA) is 101 Å². The fourth-order valence-corrected chi connectivity index (χ4v) is 10.7. The van der Waals surface area contributed by atoms with E-state index in [9.17, 15) is 24.6 Å². The number of aliphatic hydroxyl groups is 2. The Labute approximate surface area is 237 Å². The van der Waals surface area contributed by atoms with Crippen molar-refractivity contribution in [3.05, 3.63) is 22.8 Å². The van der Waals surface area contributed by atoms with Crippen molar-refractivity contribution in [3.63, 3.8) is 0 Å². The minimum absolute atomic E-state index is 0.00765. The molecule has 1 unspecified atom stereocenters. The lowest BCUT2D eigenvalue weighted by Crippen LogP contribution is -2.68. The molecule has 9 atom stereocenters. The van der Waals surface area contributed by atoms with Gasteiger partial charge in [0, 0.05) is 22.4 Å². The van der Waals surface area contributed by atoms with Crippen LogP contribution >= 0.6 is 11.6 Å². The van der Waals surface area contributed by atoms with E-state index in [1.54, 1.807) is 6.08 Å². The highest BCUT2D eigenvalue weighted by Gasteiger charge is 2.73. The van der Waals surface area contributed by atoms with E-state index in [0.29, 0.717) is 19.3 Å². The van der Waals surface area contributed by atoms with Crippen LogP contribution in [0.2, 0.25) is 0 Å². The summed E-state index contributed by atoms with van der Waals surface area (Å²) in [7, 11) is 1.45. The molecule has 5 aliphatic carbocycles. The Morgan fingerprint density at radius 3 is 2.31 bits per heavy atom. The second-order valence-electron chi connectivity index (χ2n) is 15.1. The number of carbonyl (C=O) groups is 3. The van der Waals surface area contributed by atoms with Crippen LogP contribution in [0.5, 0.6) is 0 Å². The number of halogens is 1. The van der Waals surface area contributed by atoms with Gasteiger partial charge in [-0.3, -0.25) is 14.4 Å². The first-order chi connectivity index (χ1) is 18.0. The zero-order valence-electron chi connectivity index (χ0n) is 24.5.